The van der Waals surface area contributed by atoms with Gasteiger partial charge in [-0.05, 0) is 24.9 Å². The molecular formula is C12H15BN2O. The summed E-state index contributed by atoms with van der Waals surface area (Å²) in [6.45, 7) is 1.45. The SMILES string of the molecule is [B]N1CCCC1C=NOCc1ccccc1. The third-order valence-electron chi connectivity index (χ3n) is 2.72. The Bertz CT molecular complexity index is 342. The van der Waals surface area contributed by atoms with Crippen LogP contribution in [0.5, 0.6) is 0 Å². The van der Waals surface area contributed by atoms with Gasteiger partial charge in [0.2, 0.25) is 0 Å². The number of oxime groups is 1. The van der Waals surface area contributed by atoms with Crippen LogP contribution in [0, 0.1) is 0 Å². The van der Waals surface area contributed by atoms with Crippen LogP contribution in [-0.2, 0) is 11.4 Å². The summed E-state index contributed by atoms with van der Waals surface area (Å²) in [5, 5.41) is 3.95. The highest BCUT2D eigenvalue weighted by molar-refractivity contribution is 6.06. The summed E-state index contributed by atoms with van der Waals surface area (Å²) < 4.78 is 0. The van der Waals surface area contributed by atoms with Crippen molar-refractivity contribution in [1.29, 1.82) is 0 Å². The maximum Gasteiger partial charge on any atom is 0.183 e. The first-order chi connectivity index (χ1) is 7.86. The van der Waals surface area contributed by atoms with Crippen molar-refractivity contribution >= 4 is 14.2 Å². The molecule has 16 heavy (non-hydrogen) atoms. The van der Waals surface area contributed by atoms with E-state index in [1.165, 1.54) is 0 Å². The number of benzene rings is 1. The van der Waals surface area contributed by atoms with Crippen LogP contribution in [0.4, 0.5) is 0 Å². The zero-order chi connectivity index (χ0) is 11.2. The molecule has 0 amide bonds. The molecule has 1 atom stereocenters. The van der Waals surface area contributed by atoms with Crippen molar-refractivity contribution < 1.29 is 4.84 Å². The van der Waals surface area contributed by atoms with Gasteiger partial charge in [0, 0.05) is 6.04 Å². The molecule has 0 aliphatic carbocycles. The average molecular weight is 214 g/mol. The Morgan fingerprint density at radius 3 is 2.94 bits per heavy atom. The van der Waals surface area contributed by atoms with Gasteiger partial charge in [-0.2, -0.15) is 0 Å². The van der Waals surface area contributed by atoms with E-state index in [-0.39, 0.29) is 6.04 Å². The van der Waals surface area contributed by atoms with E-state index in [4.69, 9.17) is 12.8 Å². The van der Waals surface area contributed by atoms with Crippen molar-refractivity contribution in [3.8, 4) is 0 Å². The first-order valence-corrected chi connectivity index (χ1v) is 5.57. The summed E-state index contributed by atoms with van der Waals surface area (Å²) in [6.07, 6.45) is 3.98. The molecule has 1 aromatic carbocycles. The van der Waals surface area contributed by atoms with Gasteiger partial charge in [-0.15, -0.1) is 0 Å². The van der Waals surface area contributed by atoms with Crippen LogP contribution >= 0.6 is 0 Å². The van der Waals surface area contributed by atoms with E-state index in [1.807, 2.05) is 30.3 Å². The van der Waals surface area contributed by atoms with Crippen LogP contribution in [0.2, 0.25) is 0 Å². The fourth-order valence-corrected chi connectivity index (χ4v) is 1.77. The van der Waals surface area contributed by atoms with E-state index in [9.17, 15) is 0 Å². The molecule has 82 valence electrons. The van der Waals surface area contributed by atoms with E-state index in [0.717, 1.165) is 24.9 Å². The fourth-order valence-electron chi connectivity index (χ4n) is 1.77. The summed E-state index contributed by atoms with van der Waals surface area (Å²) in [4.78, 5) is 7.02. The second kappa shape index (κ2) is 5.70. The van der Waals surface area contributed by atoms with Gasteiger partial charge in [0.05, 0.1) is 6.21 Å². The lowest BCUT2D eigenvalue weighted by Gasteiger charge is -2.14. The molecule has 1 aliphatic heterocycles. The molecule has 3 nitrogen and oxygen atoms in total. The van der Waals surface area contributed by atoms with Crippen LogP contribution in [0.1, 0.15) is 18.4 Å². The third-order valence-corrected chi connectivity index (χ3v) is 2.72. The van der Waals surface area contributed by atoms with E-state index >= 15 is 0 Å². The standard InChI is InChI=1S/C12H15BN2O/c13-15-8-4-7-12(15)9-14-16-10-11-5-2-1-3-6-11/h1-3,5-6,9,12H,4,7-8,10H2. The summed E-state index contributed by atoms with van der Waals surface area (Å²) in [6, 6.07) is 10.2. The molecule has 2 rings (SSSR count). The van der Waals surface area contributed by atoms with Gasteiger partial charge in [0.15, 0.2) is 7.98 Å². The van der Waals surface area contributed by atoms with Crippen LogP contribution in [0.25, 0.3) is 0 Å². The molecule has 2 radical (unpaired) electrons. The summed E-state index contributed by atoms with van der Waals surface area (Å²) in [5.41, 5.74) is 1.12. The van der Waals surface area contributed by atoms with Gasteiger partial charge in [0.1, 0.15) is 6.61 Å². The first kappa shape index (κ1) is 11.2. The Balaban J connectivity index is 1.73. The zero-order valence-electron chi connectivity index (χ0n) is 9.25. The van der Waals surface area contributed by atoms with Gasteiger partial charge in [-0.1, -0.05) is 35.5 Å². The van der Waals surface area contributed by atoms with Crippen LogP contribution in [0.3, 0.4) is 0 Å². The molecule has 0 spiro atoms. The predicted molar refractivity (Wildman–Crippen MR) is 65.2 cm³/mol. The second-order valence-electron chi connectivity index (χ2n) is 3.96. The Hall–Kier alpha value is -1.29. The maximum atomic E-state index is 5.76. The largest absolute Gasteiger partial charge is 0.391 e. The third kappa shape index (κ3) is 3.10. The van der Waals surface area contributed by atoms with E-state index in [1.54, 1.807) is 11.0 Å². The molecule has 1 heterocycles. The summed E-state index contributed by atoms with van der Waals surface area (Å²) >= 11 is 0. The highest BCUT2D eigenvalue weighted by Gasteiger charge is 2.17. The quantitative estimate of drug-likeness (QED) is 0.433. The van der Waals surface area contributed by atoms with Crippen molar-refractivity contribution in [3.63, 3.8) is 0 Å². The Kier molecular flexibility index (Phi) is 4.00. The molecule has 1 saturated heterocycles. The Labute approximate surface area is 97.5 Å². The minimum absolute atomic E-state index is 0.232. The molecular weight excluding hydrogens is 199 g/mol. The Morgan fingerprint density at radius 2 is 2.25 bits per heavy atom. The second-order valence-corrected chi connectivity index (χ2v) is 3.96. The van der Waals surface area contributed by atoms with E-state index in [0.29, 0.717) is 6.61 Å². The molecule has 0 N–H and O–H groups in total. The van der Waals surface area contributed by atoms with Gasteiger partial charge in [-0.25, -0.2) is 0 Å². The molecule has 1 aromatic rings. The molecule has 1 unspecified atom stereocenters. The van der Waals surface area contributed by atoms with Gasteiger partial charge in [-0.3, -0.25) is 0 Å². The number of rotatable bonds is 4. The number of nitrogens with zero attached hydrogens (tertiary/aromatic N) is 2. The number of hydrogen-bond acceptors (Lipinski definition) is 3. The minimum atomic E-state index is 0.232. The Morgan fingerprint density at radius 1 is 1.44 bits per heavy atom. The first-order valence-electron chi connectivity index (χ1n) is 5.57. The van der Waals surface area contributed by atoms with Crippen LogP contribution < -0.4 is 0 Å². The van der Waals surface area contributed by atoms with E-state index in [2.05, 4.69) is 5.16 Å². The fraction of sp³-hybridized carbons (Fsp3) is 0.417. The lowest BCUT2D eigenvalue weighted by molar-refractivity contribution is 0.130. The lowest BCUT2D eigenvalue weighted by Crippen LogP contribution is -2.27. The molecule has 4 heteroatoms. The van der Waals surface area contributed by atoms with Gasteiger partial charge >= 0.3 is 0 Å². The number of hydrogen-bond donors (Lipinski definition) is 0. The predicted octanol–water partition coefficient (Wildman–Crippen LogP) is 1.74. The van der Waals surface area contributed by atoms with Crippen molar-refractivity contribution in [2.24, 2.45) is 5.16 Å². The molecule has 1 aliphatic rings. The van der Waals surface area contributed by atoms with Crippen LogP contribution in [0.15, 0.2) is 35.5 Å². The van der Waals surface area contributed by atoms with Crippen molar-refractivity contribution in [2.75, 3.05) is 6.54 Å². The maximum absolute atomic E-state index is 5.76. The van der Waals surface area contributed by atoms with Crippen LogP contribution in [-0.4, -0.2) is 31.6 Å². The topological polar surface area (TPSA) is 24.8 Å². The molecule has 1 fully saturated rings. The van der Waals surface area contributed by atoms with Crippen molar-refractivity contribution in [2.45, 2.75) is 25.5 Å². The van der Waals surface area contributed by atoms with Crippen molar-refractivity contribution in [3.05, 3.63) is 35.9 Å². The minimum Gasteiger partial charge on any atom is -0.391 e. The zero-order valence-corrected chi connectivity index (χ0v) is 9.25. The molecule has 0 aromatic heterocycles. The van der Waals surface area contributed by atoms with Gasteiger partial charge in [0.25, 0.3) is 0 Å². The summed E-state index contributed by atoms with van der Waals surface area (Å²) in [7, 11) is 5.76. The van der Waals surface area contributed by atoms with E-state index < -0.39 is 0 Å². The van der Waals surface area contributed by atoms with Crippen molar-refractivity contribution in [1.82, 2.24) is 4.81 Å². The summed E-state index contributed by atoms with van der Waals surface area (Å²) in [5.74, 6) is 0. The smallest absolute Gasteiger partial charge is 0.183 e. The monoisotopic (exact) mass is 214 g/mol. The molecule has 0 bridgehead atoms. The highest BCUT2D eigenvalue weighted by Crippen LogP contribution is 2.12. The van der Waals surface area contributed by atoms with Gasteiger partial charge < -0.3 is 9.65 Å². The average Bonchev–Trinajstić information content (AvgIpc) is 2.72. The lowest BCUT2D eigenvalue weighted by atomic mass is 10.2. The molecule has 0 saturated carbocycles. The highest BCUT2D eigenvalue weighted by atomic mass is 16.6. The normalized spacial score (nSPS) is 21.6.